The Hall–Kier alpha value is -2.08. The van der Waals surface area contributed by atoms with Crippen molar-refractivity contribution in [1.82, 2.24) is 15.3 Å². The first-order chi connectivity index (χ1) is 11.7. The number of benzene rings is 1. The molecule has 0 bridgehead atoms. The molecule has 6 nitrogen and oxygen atoms in total. The van der Waals surface area contributed by atoms with E-state index >= 15 is 0 Å². The van der Waals surface area contributed by atoms with Gasteiger partial charge in [0.2, 0.25) is 5.91 Å². The molecule has 1 N–H and O–H groups in total. The number of amides is 3. The number of nitrogens with one attached hydrogen (secondary N) is 1. The molecule has 2 saturated heterocycles. The zero-order chi connectivity index (χ0) is 16.8. The van der Waals surface area contributed by atoms with Crippen molar-refractivity contribution in [3.63, 3.8) is 0 Å². The fourth-order valence-corrected chi connectivity index (χ4v) is 3.32. The summed E-state index contributed by atoms with van der Waals surface area (Å²) in [6.45, 7) is 3.24. The zero-order valence-corrected chi connectivity index (χ0v) is 13.9. The predicted octanol–water partition coefficient (Wildman–Crippen LogP) is 2.16. The highest BCUT2D eigenvalue weighted by atomic mass is 16.6. The zero-order valence-electron chi connectivity index (χ0n) is 13.9. The molecule has 1 aromatic carbocycles. The first kappa shape index (κ1) is 16.8. The van der Waals surface area contributed by atoms with E-state index in [1.807, 2.05) is 40.1 Å². The van der Waals surface area contributed by atoms with Crippen molar-refractivity contribution in [2.75, 3.05) is 26.2 Å². The lowest BCUT2D eigenvalue weighted by Crippen LogP contribution is -2.49. The second-order valence-corrected chi connectivity index (χ2v) is 6.50. The smallest absolute Gasteiger partial charge is 0.320 e. The molecular formula is C18H25N3O3. The number of piperidine rings is 1. The highest BCUT2D eigenvalue weighted by Gasteiger charge is 2.31. The predicted molar refractivity (Wildman–Crippen MR) is 89.9 cm³/mol. The van der Waals surface area contributed by atoms with Gasteiger partial charge in [-0.2, -0.15) is 0 Å². The molecule has 0 unspecified atom stereocenters. The summed E-state index contributed by atoms with van der Waals surface area (Å²) in [7, 11) is 0. The van der Waals surface area contributed by atoms with E-state index in [9.17, 15) is 9.59 Å². The van der Waals surface area contributed by atoms with E-state index in [1.54, 1.807) is 0 Å². The molecular weight excluding hydrogens is 306 g/mol. The van der Waals surface area contributed by atoms with Gasteiger partial charge in [0.05, 0.1) is 12.5 Å². The third kappa shape index (κ3) is 4.26. The molecule has 2 aliphatic heterocycles. The minimum absolute atomic E-state index is 0.0789. The van der Waals surface area contributed by atoms with Gasteiger partial charge < -0.3 is 9.80 Å². The minimum Gasteiger partial charge on any atom is -0.325 e. The first-order valence-electron chi connectivity index (χ1n) is 8.73. The second kappa shape index (κ2) is 8.15. The fourth-order valence-electron chi connectivity index (χ4n) is 3.32. The third-order valence-corrected chi connectivity index (χ3v) is 4.69. The lowest BCUT2D eigenvalue weighted by atomic mass is 9.98. The van der Waals surface area contributed by atoms with E-state index in [2.05, 4.69) is 5.48 Å². The summed E-state index contributed by atoms with van der Waals surface area (Å²) in [5, 5.41) is 0. The van der Waals surface area contributed by atoms with Crippen LogP contribution >= 0.6 is 0 Å². The van der Waals surface area contributed by atoms with Gasteiger partial charge in [0.1, 0.15) is 0 Å². The molecule has 0 radical (unpaired) electrons. The Bertz CT molecular complexity index is 558. The molecule has 0 saturated carbocycles. The molecule has 24 heavy (non-hydrogen) atoms. The van der Waals surface area contributed by atoms with Crippen molar-refractivity contribution in [2.24, 2.45) is 5.92 Å². The Morgan fingerprint density at radius 1 is 1.04 bits per heavy atom. The molecule has 1 aromatic rings. The van der Waals surface area contributed by atoms with Gasteiger partial charge in [-0.3, -0.25) is 9.63 Å². The van der Waals surface area contributed by atoms with Crippen LogP contribution in [0.5, 0.6) is 0 Å². The molecule has 0 spiro atoms. The number of hydrogen-bond acceptors (Lipinski definition) is 3. The molecule has 3 amide bonds. The lowest BCUT2D eigenvalue weighted by molar-refractivity contribution is -0.140. The molecule has 3 rings (SSSR count). The minimum atomic E-state index is -0.193. The van der Waals surface area contributed by atoms with Crippen LogP contribution in [-0.2, 0) is 16.2 Å². The van der Waals surface area contributed by atoms with E-state index in [-0.39, 0.29) is 17.9 Å². The highest BCUT2D eigenvalue weighted by Crippen LogP contribution is 2.20. The highest BCUT2D eigenvalue weighted by molar-refractivity contribution is 5.80. The standard InChI is InChI=1S/C18H25N3O3/c22-17(19-24-14-15-7-2-1-3-8-15)16-9-6-12-21(13-16)18(23)20-10-4-5-11-20/h1-3,7-8,16H,4-6,9-14H2,(H,19,22)/t16-/m0/s1. The number of rotatable bonds is 4. The van der Waals surface area contributed by atoms with Gasteiger partial charge in [0.15, 0.2) is 0 Å². The van der Waals surface area contributed by atoms with Crippen LogP contribution in [0, 0.1) is 5.92 Å². The summed E-state index contributed by atoms with van der Waals surface area (Å²) < 4.78 is 0. The molecule has 6 heteroatoms. The molecule has 0 aromatic heterocycles. The topological polar surface area (TPSA) is 61.9 Å². The number of nitrogens with zero attached hydrogens (tertiary/aromatic N) is 2. The Labute approximate surface area is 142 Å². The van der Waals surface area contributed by atoms with Crippen LogP contribution in [0.1, 0.15) is 31.2 Å². The molecule has 1 atom stereocenters. The van der Waals surface area contributed by atoms with Crippen LogP contribution in [0.3, 0.4) is 0 Å². The van der Waals surface area contributed by atoms with E-state index in [4.69, 9.17) is 4.84 Å². The number of carbonyl (C=O) groups excluding carboxylic acids is 2. The molecule has 2 aliphatic rings. The van der Waals surface area contributed by atoms with Crippen molar-refractivity contribution in [2.45, 2.75) is 32.3 Å². The van der Waals surface area contributed by atoms with Crippen molar-refractivity contribution in [1.29, 1.82) is 0 Å². The number of urea groups is 1. The van der Waals surface area contributed by atoms with E-state index < -0.39 is 0 Å². The fraction of sp³-hybridized carbons (Fsp3) is 0.556. The van der Waals surface area contributed by atoms with Crippen LogP contribution < -0.4 is 5.48 Å². The number of carbonyl (C=O) groups is 2. The van der Waals surface area contributed by atoms with Gasteiger partial charge in [-0.25, -0.2) is 10.3 Å². The quantitative estimate of drug-likeness (QED) is 0.860. The van der Waals surface area contributed by atoms with E-state index in [0.29, 0.717) is 13.2 Å². The van der Waals surface area contributed by atoms with Gasteiger partial charge in [-0.15, -0.1) is 0 Å². The van der Waals surface area contributed by atoms with Crippen LogP contribution in [0.25, 0.3) is 0 Å². The molecule has 2 heterocycles. The summed E-state index contributed by atoms with van der Waals surface area (Å²) in [5.41, 5.74) is 3.55. The van der Waals surface area contributed by atoms with Crippen LogP contribution in [-0.4, -0.2) is 47.9 Å². The van der Waals surface area contributed by atoms with Gasteiger partial charge >= 0.3 is 6.03 Å². The maximum atomic E-state index is 12.5. The number of hydroxylamine groups is 1. The van der Waals surface area contributed by atoms with Crippen LogP contribution in [0.4, 0.5) is 4.79 Å². The molecule has 0 aliphatic carbocycles. The number of likely N-dealkylation sites (tertiary alicyclic amines) is 2. The number of hydrogen-bond donors (Lipinski definition) is 1. The van der Waals surface area contributed by atoms with E-state index in [1.165, 1.54) is 0 Å². The summed E-state index contributed by atoms with van der Waals surface area (Å²) in [4.78, 5) is 33.8. The van der Waals surface area contributed by atoms with Crippen molar-refractivity contribution >= 4 is 11.9 Å². The average molecular weight is 331 g/mol. The van der Waals surface area contributed by atoms with Gasteiger partial charge in [-0.05, 0) is 31.2 Å². The van der Waals surface area contributed by atoms with Crippen molar-refractivity contribution in [3.05, 3.63) is 35.9 Å². The van der Waals surface area contributed by atoms with Crippen LogP contribution in [0.2, 0.25) is 0 Å². The summed E-state index contributed by atoms with van der Waals surface area (Å²) in [5.74, 6) is -0.328. The Kier molecular flexibility index (Phi) is 5.69. The maximum Gasteiger partial charge on any atom is 0.320 e. The van der Waals surface area contributed by atoms with Gasteiger partial charge in [0, 0.05) is 26.2 Å². The van der Waals surface area contributed by atoms with E-state index in [0.717, 1.165) is 50.9 Å². The van der Waals surface area contributed by atoms with Crippen LogP contribution in [0.15, 0.2) is 30.3 Å². The van der Waals surface area contributed by atoms with Crippen molar-refractivity contribution < 1.29 is 14.4 Å². The Morgan fingerprint density at radius 2 is 1.75 bits per heavy atom. The molecule has 2 fully saturated rings. The lowest BCUT2D eigenvalue weighted by Gasteiger charge is -2.34. The van der Waals surface area contributed by atoms with Gasteiger partial charge in [0.25, 0.3) is 0 Å². The maximum absolute atomic E-state index is 12.5. The summed E-state index contributed by atoms with van der Waals surface area (Å²) in [6.07, 6.45) is 3.81. The summed E-state index contributed by atoms with van der Waals surface area (Å²) >= 11 is 0. The first-order valence-corrected chi connectivity index (χ1v) is 8.73. The molecule has 130 valence electrons. The Balaban J connectivity index is 1.45. The monoisotopic (exact) mass is 331 g/mol. The largest absolute Gasteiger partial charge is 0.325 e. The Morgan fingerprint density at radius 3 is 2.50 bits per heavy atom. The summed E-state index contributed by atoms with van der Waals surface area (Å²) in [6, 6.07) is 9.78. The SMILES string of the molecule is O=C(NOCc1ccccc1)[C@H]1CCCN(C(=O)N2CCCC2)C1. The van der Waals surface area contributed by atoms with Gasteiger partial charge in [-0.1, -0.05) is 30.3 Å². The van der Waals surface area contributed by atoms with Crippen molar-refractivity contribution in [3.8, 4) is 0 Å². The third-order valence-electron chi connectivity index (χ3n) is 4.69. The average Bonchev–Trinajstić information content (AvgIpc) is 3.16. The second-order valence-electron chi connectivity index (χ2n) is 6.50. The normalized spacial score (nSPS) is 20.9.